The van der Waals surface area contributed by atoms with E-state index in [0.717, 1.165) is 18.8 Å². The van der Waals surface area contributed by atoms with Crippen LogP contribution in [-0.2, 0) is 4.79 Å². The highest BCUT2D eigenvalue weighted by Crippen LogP contribution is 2.21. The maximum absolute atomic E-state index is 11.6. The topological polar surface area (TPSA) is 61.4 Å². The highest BCUT2D eigenvalue weighted by Gasteiger charge is 2.10. The van der Waals surface area contributed by atoms with Gasteiger partial charge in [0, 0.05) is 37.4 Å². The number of hydrogen-bond donors (Lipinski definition) is 2. The predicted molar refractivity (Wildman–Crippen MR) is 84.8 cm³/mol. The van der Waals surface area contributed by atoms with Crippen LogP contribution in [0, 0.1) is 0 Å². The molecule has 0 spiro atoms. The van der Waals surface area contributed by atoms with Crippen molar-refractivity contribution in [1.29, 1.82) is 0 Å². The fourth-order valence-electron chi connectivity index (χ4n) is 2.44. The lowest BCUT2D eigenvalue weighted by Gasteiger charge is -2.28. The van der Waals surface area contributed by atoms with Crippen molar-refractivity contribution in [2.45, 2.75) is 32.6 Å². The van der Waals surface area contributed by atoms with E-state index < -0.39 is 0 Å². The number of anilines is 2. The molecule has 1 aliphatic heterocycles. The van der Waals surface area contributed by atoms with Gasteiger partial charge in [0.15, 0.2) is 0 Å². The van der Waals surface area contributed by atoms with E-state index in [2.05, 4.69) is 15.5 Å². The van der Waals surface area contributed by atoms with Crippen LogP contribution in [0.25, 0.3) is 0 Å². The zero-order chi connectivity index (χ0) is 15.1. The number of nitrogens with one attached hydrogen (secondary N) is 2. The Morgan fingerprint density at radius 1 is 1.10 bits per heavy atom. The fraction of sp³-hybridized carbons (Fsp3) is 0.500. The summed E-state index contributed by atoms with van der Waals surface area (Å²) in [7, 11) is 0. The molecule has 1 fully saturated rings. The average Bonchev–Trinajstić information content (AvgIpc) is 2.48. The summed E-state index contributed by atoms with van der Waals surface area (Å²) >= 11 is 0. The molecule has 1 saturated heterocycles. The van der Waals surface area contributed by atoms with Crippen LogP contribution in [0.4, 0.5) is 16.2 Å². The fourth-order valence-corrected chi connectivity index (χ4v) is 2.44. The van der Waals surface area contributed by atoms with Crippen molar-refractivity contribution in [3.05, 3.63) is 24.3 Å². The van der Waals surface area contributed by atoms with Gasteiger partial charge in [-0.05, 0) is 50.5 Å². The minimum Gasteiger partial charge on any atom is -0.372 e. The second-order valence-electron chi connectivity index (χ2n) is 5.43. The number of carbonyl (C=O) groups is 2. The summed E-state index contributed by atoms with van der Waals surface area (Å²) in [5.74, 6) is 0.0705. The molecule has 114 valence electrons. The molecule has 0 aromatic heterocycles. The van der Waals surface area contributed by atoms with Crippen LogP contribution >= 0.6 is 0 Å². The van der Waals surface area contributed by atoms with Crippen molar-refractivity contribution >= 4 is 23.2 Å². The quantitative estimate of drug-likeness (QED) is 0.876. The summed E-state index contributed by atoms with van der Waals surface area (Å²) in [5, 5.41) is 5.43. The standard InChI is InChI=1S/C16H23N3O2/c1-13(20)9-10-17-16(21)18-14-5-7-15(8-6-14)19-11-3-2-4-12-19/h5-8H,2-4,9-12H2,1H3,(H2,17,18,21). The highest BCUT2D eigenvalue weighted by molar-refractivity contribution is 5.89. The Balaban J connectivity index is 1.81. The third-order valence-corrected chi connectivity index (χ3v) is 3.61. The van der Waals surface area contributed by atoms with Gasteiger partial charge in [-0.25, -0.2) is 4.79 Å². The molecule has 2 amide bonds. The van der Waals surface area contributed by atoms with Crippen LogP contribution in [0.5, 0.6) is 0 Å². The Morgan fingerprint density at radius 2 is 1.76 bits per heavy atom. The molecule has 2 rings (SSSR count). The molecule has 0 atom stereocenters. The van der Waals surface area contributed by atoms with Gasteiger partial charge in [0.1, 0.15) is 5.78 Å². The molecule has 0 aliphatic carbocycles. The minimum atomic E-state index is -0.276. The van der Waals surface area contributed by atoms with Gasteiger partial charge in [-0.1, -0.05) is 0 Å². The first-order chi connectivity index (χ1) is 10.1. The van der Waals surface area contributed by atoms with Crippen molar-refractivity contribution in [2.75, 3.05) is 29.9 Å². The van der Waals surface area contributed by atoms with E-state index in [4.69, 9.17) is 0 Å². The van der Waals surface area contributed by atoms with Crippen molar-refractivity contribution in [3.8, 4) is 0 Å². The second kappa shape index (κ2) is 7.67. The molecule has 0 radical (unpaired) electrons. The summed E-state index contributed by atoms with van der Waals surface area (Å²) < 4.78 is 0. The van der Waals surface area contributed by atoms with Gasteiger partial charge in [0.05, 0.1) is 0 Å². The van der Waals surface area contributed by atoms with Gasteiger partial charge in [-0.2, -0.15) is 0 Å². The number of ketones is 1. The molecule has 5 nitrogen and oxygen atoms in total. The lowest BCUT2D eigenvalue weighted by atomic mass is 10.1. The molecule has 1 aromatic carbocycles. The number of carbonyl (C=O) groups excluding carboxylic acids is 2. The zero-order valence-corrected chi connectivity index (χ0v) is 12.5. The Bertz CT molecular complexity index is 479. The normalized spacial score (nSPS) is 14.6. The van der Waals surface area contributed by atoms with Crippen LogP contribution in [0.15, 0.2) is 24.3 Å². The van der Waals surface area contributed by atoms with E-state index >= 15 is 0 Å². The van der Waals surface area contributed by atoms with Gasteiger partial charge in [0.25, 0.3) is 0 Å². The smallest absolute Gasteiger partial charge is 0.319 e. The molecule has 1 heterocycles. The Labute approximate surface area is 125 Å². The second-order valence-corrected chi connectivity index (χ2v) is 5.43. The molecule has 21 heavy (non-hydrogen) atoms. The summed E-state index contributed by atoms with van der Waals surface area (Å²) in [4.78, 5) is 24.8. The molecule has 5 heteroatoms. The van der Waals surface area contributed by atoms with Gasteiger partial charge in [-0.15, -0.1) is 0 Å². The average molecular weight is 289 g/mol. The lowest BCUT2D eigenvalue weighted by molar-refractivity contribution is -0.116. The Hall–Kier alpha value is -2.04. The third kappa shape index (κ3) is 5.10. The first-order valence-electron chi connectivity index (χ1n) is 7.54. The number of Topliss-reactive ketones (excluding diaryl/α,β-unsaturated/α-hetero) is 1. The largest absolute Gasteiger partial charge is 0.372 e. The number of hydrogen-bond acceptors (Lipinski definition) is 3. The first-order valence-corrected chi connectivity index (χ1v) is 7.54. The number of urea groups is 1. The molecule has 0 saturated carbocycles. The minimum absolute atomic E-state index is 0.0705. The summed E-state index contributed by atoms with van der Waals surface area (Å²) in [6.45, 7) is 4.10. The van der Waals surface area contributed by atoms with E-state index in [9.17, 15) is 9.59 Å². The van der Waals surface area contributed by atoms with Crippen molar-refractivity contribution in [3.63, 3.8) is 0 Å². The van der Waals surface area contributed by atoms with Gasteiger partial charge < -0.3 is 15.5 Å². The molecule has 1 aliphatic rings. The number of piperidine rings is 1. The van der Waals surface area contributed by atoms with Gasteiger partial charge >= 0.3 is 6.03 Å². The van der Waals surface area contributed by atoms with Crippen LogP contribution in [-0.4, -0.2) is 31.4 Å². The molecule has 2 N–H and O–H groups in total. The van der Waals surface area contributed by atoms with Crippen LogP contribution in [0.2, 0.25) is 0 Å². The summed E-state index contributed by atoms with van der Waals surface area (Å²) in [5.41, 5.74) is 1.97. The molecular formula is C16H23N3O2. The van der Waals surface area contributed by atoms with Crippen LogP contribution in [0.1, 0.15) is 32.6 Å². The van der Waals surface area contributed by atoms with Crippen molar-refractivity contribution < 1.29 is 9.59 Å². The zero-order valence-electron chi connectivity index (χ0n) is 12.5. The van der Waals surface area contributed by atoms with E-state index in [0.29, 0.717) is 13.0 Å². The molecular weight excluding hydrogens is 266 g/mol. The number of nitrogens with zero attached hydrogens (tertiary/aromatic N) is 1. The number of amides is 2. The lowest BCUT2D eigenvalue weighted by Crippen LogP contribution is -2.30. The third-order valence-electron chi connectivity index (χ3n) is 3.61. The molecule has 0 bridgehead atoms. The van der Waals surface area contributed by atoms with E-state index in [1.165, 1.54) is 31.9 Å². The van der Waals surface area contributed by atoms with Crippen LogP contribution in [0.3, 0.4) is 0 Å². The van der Waals surface area contributed by atoms with Crippen LogP contribution < -0.4 is 15.5 Å². The van der Waals surface area contributed by atoms with Crippen molar-refractivity contribution in [1.82, 2.24) is 5.32 Å². The van der Waals surface area contributed by atoms with E-state index in [1.807, 2.05) is 24.3 Å². The first kappa shape index (κ1) is 15.4. The maximum Gasteiger partial charge on any atom is 0.319 e. The number of rotatable bonds is 5. The highest BCUT2D eigenvalue weighted by atomic mass is 16.2. The summed E-state index contributed by atoms with van der Waals surface area (Å²) in [6, 6.07) is 7.62. The van der Waals surface area contributed by atoms with E-state index in [-0.39, 0.29) is 11.8 Å². The number of benzene rings is 1. The maximum atomic E-state index is 11.6. The Kier molecular flexibility index (Phi) is 5.60. The molecule has 0 unspecified atom stereocenters. The molecule has 1 aromatic rings. The monoisotopic (exact) mass is 289 g/mol. The Morgan fingerprint density at radius 3 is 2.38 bits per heavy atom. The van der Waals surface area contributed by atoms with E-state index in [1.54, 1.807) is 0 Å². The van der Waals surface area contributed by atoms with Gasteiger partial charge in [0.2, 0.25) is 0 Å². The summed E-state index contributed by atoms with van der Waals surface area (Å²) in [6.07, 6.45) is 4.18. The van der Waals surface area contributed by atoms with Gasteiger partial charge in [-0.3, -0.25) is 4.79 Å². The van der Waals surface area contributed by atoms with Crippen molar-refractivity contribution in [2.24, 2.45) is 0 Å². The predicted octanol–water partition coefficient (Wildman–Crippen LogP) is 2.78. The SMILES string of the molecule is CC(=O)CCNC(=O)Nc1ccc(N2CCCCC2)cc1.